The summed E-state index contributed by atoms with van der Waals surface area (Å²) in [5.74, 6) is 0.0773. The molecule has 0 saturated heterocycles. The summed E-state index contributed by atoms with van der Waals surface area (Å²) in [6.45, 7) is 5.51. The topological polar surface area (TPSA) is 75.3 Å². The van der Waals surface area contributed by atoms with Gasteiger partial charge in [-0.15, -0.1) is 6.58 Å². The summed E-state index contributed by atoms with van der Waals surface area (Å²) in [6, 6.07) is -0.379. The van der Waals surface area contributed by atoms with Gasteiger partial charge in [0.05, 0.1) is 5.75 Å². The lowest BCUT2D eigenvalue weighted by Crippen LogP contribution is -2.38. The molecule has 0 spiro atoms. The molecule has 0 heterocycles. The van der Waals surface area contributed by atoms with E-state index in [-0.39, 0.29) is 24.1 Å². The third-order valence-electron chi connectivity index (χ3n) is 1.55. The minimum atomic E-state index is -3.00. The van der Waals surface area contributed by atoms with Gasteiger partial charge in [0.25, 0.3) is 0 Å². The first-order chi connectivity index (χ1) is 6.52. The summed E-state index contributed by atoms with van der Waals surface area (Å²) in [4.78, 5) is 10.9. The second kappa shape index (κ2) is 6.42. The molecule has 0 aromatic rings. The lowest BCUT2D eigenvalue weighted by atomic mass is 10.6. The first-order valence-electron chi connectivity index (χ1n) is 4.35. The maximum Gasteiger partial charge on any atom is 0.315 e. The van der Waals surface area contributed by atoms with Crippen molar-refractivity contribution in [1.82, 2.24) is 10.6 Å². The van der Waals surface area contributed by atoms with Crippen LogP contribution in [-0.4, -0.2) is 39.0 Å². The number of nitrogens with one attached hydrogen (secondary N) is 2. The molecule has 0 aliphatic rings. The molecule has 0 rings (SSSR count). The maximum absolute atomic E-state index is 11.0. The zero-order valence-corrected chi connectivity index (χ0v) is 9.06. The molecule has 0 saturated carbocycles. The second-order valence-electron chi connectivity index (χ2n) is 2.66. The van der Waals surface area contributed by atoms with Crippen molar-refractivity contribution in [1.29, 1.82) is 0 Å². The van der Waals surface area contributed by atoms with Crippen LogP contribution in [0.3, 0.4) is 0 Å². The molecule has 6 heteroatoms. The number of hydrogen-bond donors (Lipinski definition) is 2. The van der Waals surface area contributed by atoms with Crippen LogP contribution in [0.2, 0.25) is 0 Å². The highest BCUT2D eigenvalue weighted by molar-refractivity contribution is 7.91. The number of urea groups is 1. The lowest BCUT2D eigenvalue weighted by molar-refractivity contribution is 0.242. The Morgan fingerprint density at radius 2 is 2.07 bits per heavy atom. The predicted octanol–water partition coefficient (Wildman–Crippen LogP) is -0.0937. The quantitative estimate of drug-likeness (QED) is 0.614. The van der Waals surface area contributed by atoms with Gasteiger partial charge in [-0.2, -0.15) is 0 Å². The van der Waals surface area contributed by atoms with E-state index in [0.29, 0.717) is 6.54 Å². The first kappa shape index (κ1) is 13.0. The van der Waals surface area contributed by atoms with Gasteiger partial charge in [0, 0.05) is 18.8 Å². The first-order valence-corrected chi connectivity index (χ1v) is 6.17. The second-order valence-corrected chi connectivity index (χ2v) is 5.13. The fraction of sp³-hybridized carbons (Fsp3) is 0.625. The van der Waals surface area contributed by atoms with E-state index in [0.717, 1.165) is 0 Å². The molecule has 0 radical (unpaired) electrons. The summed E-state index contributed by atoms with van der Waals surface area (Å²) >= 11 is 0. The fourth-order valence-corrected chi connectivity index (χ4v) is 1.39. The lowest BCUT2D eigenvalue weighted by Gasteiger charge is -2.05. The van der Waals surface area contributed by atoms with Crippen LogP contribution in [0.25, 0.3) is 0 Å². The highest BCUT2D eigenvalue weighted by atomic mass is 32.2. The van der Waals surface area contributed by atoms with E-state index in [1.807, 2.05) is 0 Å². The summed E-state index contributed by atoms with van der Waals surface area (Å²) < 4.78 is 22.0. The average molecular weight is 220 g/mol. The van der Waals surface area contributed by atoms with Crippen molar-refractivity contribution in [2.75, 3.05) is 24.6 Å². The Hall–Kier alpha value is -1.04. The maximum atomic E-state index is 11.0. The molecule has 0 aliphatic carbocycles. The van der Waals surface area contributed by atoms with Gasteiger partial charge in [0.15, 0.2) is 9.84 Å². The number of amides is 2. The molecule has 0 atom stereocenters. The highest BCUT2D eigenvalue weighted by Gasteiger charge is 2.07. The number of hydrogen-bond acceptors (Lipinski definition) is 3. The van der Waals surface area contributed by atoms with Crippen LogP contribution in [0.5, 0.6) is 0 Å². The highest BCUT2D eigenvalue weighted by Crippen LogP contribution is 1.86. The Bertz CT molecular complexity index is 285. The predicted molar refractivity (Wildman–Crippen MR) is 55.9 cm³/mol. The van der Waals surface area contributed by atoms with Crippen LogP contribution in [0.1, 0.15) is 6.92 Å². The number of sulfone groups is 1. The molecule has 0 aromatic heterocycles. The van der Waals surface area contributed by atoms with E-state index in [9.17, 15) is 13.2 Å². The van der Waals surface area contributed by atoms with Crippen molar-refractivity contribution in [3.63, 3.8) is 0 Å². The Balaban J connectivity index is 3.64. The van der Waals surface area contributed by atoms with Gasteiger partial charge in [-0.25, -0.2) is 13.2 Å². The van der Waals surface area contributed by atoms with Crippen LogP contribution >= 0.6 is 0 Å². The standard InChI is InChI=1S/C8H16N2O3S/c1-3-5-9-8(11)10-6-7-14(12,13)4-2/h3H,1,4-7H2,2H3,(H2,9,10,11). The third-order valence-corrected chi connectivity index (χ3v) is 3.25. The third kappa shape index (κ3) is 6.47. The zero-order valence-electron chi connectivity index (χ0n) is 8.25. The molecule has 0 fully saturated rings. The minimum Gasteiger partial charge on any atom is -0.337 e. The van der Waals surface area contributed by atoms with Crippen LogP contribution in [0, 0.1) is 0 Å². The smallest absolute Gasteiger partial charge is 0.315 e. The molecule has 0 unspecified atom stereocenters. The van der Waals surface area contributed by atoms with E-state index in [1.54, 1.807) is 13.0 Å². The summed E-state index contributed by atoms with van der Waals surface area (Å²) in [5.41, 5.74) is 0. The number of rotatable bonds is 6. The molecule has 5 nitrogen and oxygen atoms in total. The molecule has 0 aliphatic heterocycles. The van der Waals surface area contributed by atoms with Crippen molar-refractivity contribution in [2.24, 2.45) is 0 Å². The van der Waals surface area contributed by atoms with Gasteiger partial charge >= 0.3 is 6.03 Å². The molecular weight excluding hydrogens is 204 g/mol. The number of carbonyl (C=O) groups is 1. The normalized spacial score (nSPS) is 10.6. The van der Waals surface area contributed by atoms with Crippen LogP contribution < -0.4 is 10.6 Å². The van der Waals surface area contributed by atoms with Crippen molar-refractivity contribution >= 4 is 15.9 Å². The van der Waals surface area contributed by atoms with Gasteiger partial charge < -0.3 is 10.6 Å². The number of carbonyl (C=O) groups excluding carboxylic acids is 1. The monoisotopic (exact) mass is 220 g/mol. The van der Waals surface area contributed by atoms with Gasteiger partial charge in [-0.3, -0.25) is 0 Å². The van der Waals surface area contributed by atoms with Crippen LogP contribution in [0.15, 0.2) is 12.7 Å². The van der Waals surface area contributed by atoms with Crippen molar-refractivity contribution < 1.29 is 13.2 Å². The SMILES string of the molecule is C=CCNC(=O)NCCS(=O)(=O)CC. The van der Waals surface area contributed by atoms with E-state index < -0.39 is 9.84 Å². The summed E-state index contributed by atoms with van der Waals surface area (Å²) in [5, 5.41) is 4.90. The van der Waals surface area contributed by atoms with Gasteiger partial charge in [0.2, 0.25) is 0 Å². The van der Waals surface area contributed by atoms with E-state index >= 15 is 0 Å². The van der Waals surface area contributed by atoms with Crippen molar-refractivity contribution in [3.05, 3.63) is 12.7 Å². The molecular formula is C8H16N2O3S. The van der Waals surface area contributed by atoms with E-state index in [1.165, 1.54) is 0 Å². The molecule has 2 N–H and O–H groups in total. The average Bonchev–Trinajstić information content (AvgIpc) is 2.14. The Labute approximate surface area is 84.5 Å². The molecule has 0 aromatic carbocycles. The van der Waals surface area contributed by atoms with Crippen molar-refractivity contribution in [2.45, 2.75) is 6.92 Å². The minimum absolute atomic E-state index is 0.0228. The molecule has 2 amide bonds. The molecule has 82 valence electrons. The van der Waals surface area contributed by atoms with Crippen LogP contribution in [0.4, 0.5) is 4.79 Å². The van der Waals surface area contributed by atoms with Gasteiger partial charge in [0.1, 0.15) is 0 Å². The van der Waals surface area contributed by atoms with Crippen molar-refractivity contribution in [3.8, 4) is 0 Å². The Kier molecular flexibility index (Phi) is 5.94. The Morgan fingerprint density at radius 1 is 1.43 bits per heavy atom. The fourth-order valence-electron chi connectivity index (χ4n) is 0.692. The van der Waals surface area contributed by atoms with Gasteiger partial charge in [-0.05, 0) is 0 Å². The summed E-state index contributed by atoms with van der Waals surface area (Å²) in [7, 11) is -3.00. The molecule has 0 bridgehead atoms. The zero-order chi connectivity index (χ0) is 11.0. The van der Waals surface area contributed by atoms with Gasteiger partial charge in [-0.1, -0.05) is 13.0 Å². The largest absolute Gasteiger partial charge is 0.337 e. The van der Waals surface area contributed by atoms with Crippen LogP contribution in [-0.2, 0) is 9.84 Å². The van der Waals surface area contributed by atoms with E-state index in [4.69, 9.17) is 0 Å². The summed E-state index contributed by atoms with van der Waals surface area (Å²) in [6.07, 6.45) is 1.54. The molecule has 14 heavy (non-hydrogen) atoms. The Morgan fingerprint density at radius 3 is 2.57 bits per heavy atom. The van der Waals surface area contributed by atoms with E-state index in [2.05, 4.69) is 17.2 Å².